The van der Waals surface area contributed by atoms with E-state index in [2.05, 4.69) is 0 Å². The van der Waals surface area contributed by atoms with Gasteiger partial charge in [0.15, 0.2) is 0 Å². The number of hydroxylamine groups is 1. The lowest BCUT2D eigenvalue weighted by Crippen LogP contribution is -2.36. The van der Waals surface area contributed by atoms with Gasteiger partial charge < -0.3 is 4.84 Å². The van der Waals surface area contributed by atoms with E-state index in [9.17, 15) is 9.59 Å². The number of hydrogen-bond donors (Lipinski definition) is 0. The molecule has 0 aromatic heterocycles. The SMILES string of the molecule is CC(=O)N(OC(=O)C(C)(C)C)c1ccc(C)cc1. The predicted octanol–water partition coefficient (Wildman–Crippen LogP) is 2.85. The van der Waals surface area contributed by atoms with Gasteiger partial charge in [-0.25, -0.2) is 4.79 Å². The minimum atomic E-state index is -0.654. The van der Waals surface area contributed by atoms with Crippen molar-refractivity contribution >= 4 is 17.6 Å². The fraction of sp³-hybridized carbons (Fsp3) is 0.429. The molecule has 4 nitrogen and oxygen atoms in total. The molecule has 0 fully saturated rings. The van der Waals surface area contributed by atoms with Crippen molar-refractivity contribution in [2.75, 3.05) is 5.06 Å². The van der Waals surface area contributed by atoms with Gasteiger partial charge in [0.05, 0.1) is 11.1 Å². The van der Waals surface area contributed by atoms with Crippen molar-refractivity contribution in [3.8, 4) is 0 Å². The van der Waals surface area contributed by atoms with E-state index in [-0.39, 0.29) is 5.91 Å². The molecule has 4 heteroatoms. The van der Waals surface area contributed by atoms with Crippen molar-refractivity contribution < 1.29 is 14.4 Å². The second kappa shape index (κ2) is 5.21. The predicted molar refractivity (Wildman–Crippen MR) is 69.9 cm³/mol. The van der Waals surface area contributed by atoms with Gasteiger partial charge >= 0.3 is 5.97 Å². The molecule has 0 heterocycles. The number of amides is 1. The van der Waals surface area contributed by atoms with Crippen LogP contribution < -0.4 is 5.06 Å². The average molecular weight is 249 g/mol. The molecule has 0 aliphatic carbocycles. The molecule has 1 aromatic carbocycles. The molecule has 1 aromatic rings. The summed E-state index contributed by atoms with van der Waals surface area (Å²) in [6.45, 7) is 8.52. The number of anilines is 1. The molecule has 0 saturated carbocycles. The van der Waals surface area contributed by atoms with Crippen LogP contribution in [-0.4, -0.2) is 11.9 Å². The normalized spacial score (nSPS) is 10.9. The van der Waals surface area contributed by atoms with Gasteiger partial charge in [0.1, 0.15) is 0 Å². The van der Waals surface area contributed by atoms with E-state index >= 15 is 0 Å². The Bertz CT molecular complexity index is 443. The van der Waals surface area contributed by atoms with E-state index in [1.807, 2.05) is 19.1 Å². The van der Waals surface area contributed by atoms with Crippen LogP contribution >= 0.6 is 0 Å². The lowest BCUT2D eigenvalue weighted by molar-refractivity contribution is -0.158. The second-order valence-electron chi connectivity index (χ2n) is 5.28. The van der Waals surface area contributed by atoms with Crippen LogP contribution in [0.3, 0.4) is 0 Å². The fourth-order valence-electron chi connectivity index (χ4n) is 1.20. The highest BCUT2D eigenvalue weighted by Gasteiger charge is 2.27. The summed E-state index contributed by atoms with van der Waals surface area (Å²) < 4.78 is 0. The summed E-state index contributed by atoms with van der Waals surface area (Å²) in [5, 5.41) is 1.02. The lowest BCUT2D eigenvalue weighted by Gasteiger charge is -2.24. The molecule has 0 saturated heterocycles. The summed E-state index contributed by atoms with van der Waals surface area (Å²) in [6, 6.07) is 7.20. The van der Waals surface area contributed by atoms with Crippen LogP contribution in [0.4, 0.5) is 5.69 Å². The minimum absolute atomic E-state index is 0.337. The van der Waals surface area contributed by atoms with Gasteiger partial charge in [-0.05, 0) is 39.8 Å². The summed E-state index contributed by atoms with van der Waals surface area (Å²) in [5.74, 6) is -0.783. The number of benzene rings is 1. The van der Waals surface area contributed by atoms with E-state index < -0.39 is 11.4 Å². The molecule has 1 amide bonds. The highest BCUT2D eigenvalue weighted by Crippen LogP contribution is 2.21. The summed E-state index contributed by atoms with van der Waals surface area (Å²) in [7, 11) is 0. The second-order valence-corrected chi connectivity index (χ2v) is 5.28. The highest BCUT2D eigenvalue weighted by atomic mass is 16.7. The molecule has 0 N–H and O–H groups in total. The number of carbonyl (C=O) groups excluding carboxylic acids is 2. The molecule has 0 aliphatic heterocycles. The third kappa shape index (κ3) is 3.58. The van der Waals surface area contributed by atoms with Gasteiger partial charge in [-0.3, -0.25) is 4.79 Å². The maximum atomic E-state index is 11.8. The average Bonchev–Trinajstić information content (AvgIpc) is 2.25. The first-order valence-electron chi connectivity index (χ1n) is 5.81. The number of rotatable bonds is 1. The molecule has 0 bridgehead atoms. The molecule has 0 aliphatic rings. The minimum Gasteiger partial charge on any atom is -0.333 e. The molecule has 18 heavy (non-hydrogen) atoms. The van der Waals surface area contributed by atoms with Crippen LogP contribution in [0.25, 0.3) is 0 Å². The first-order chi connectivity index (χ1) is 8.21. The molecule has 0 radical (unpaired) electrons. The highest BCUT2D eigenvalue weighted by molar-refractivity contribution is 5.92. The Balaban J connectivity index is 2.94. The van der Waals surface area contributed by atoms with E-state index in [0.717, 1.165) is 10.6 Å². The van der Waals surface area contributed by atoms with Gasteiger partial charge in [0.2, 0.25) is 0 Å². The van der Waals surface area contributed by atoms with Crippen molar-refractivity contribution in [2.45, 2.75) is 34.6 Å². The zero-order chi connectivity index (χ0) is 13.9. The van der Waals surface area contributed by atoms with Crippen molar-refractivity contribution in [3.05, 3.63) is 29.8 Å². The summed E-state index contributed by atoms with van der Waals surface area (Å²) >= 11 is 0. The number of aryl methyl sites for hydroxylation is 1. The first-order valence-corrected chi connectivity index (χ1v) is 5.81. The Hall–Kier alpha value is -1.84. The monoisotopic (exact) mass is 249 g/mol. The Morgan fingerprint density at radius 2 is 1.61 bits per heavy atom. The maximum Gasteiger partial charge on any atom is 0.338 e. The number of carbonyl (C=O) groups is 2. The molecule has 0 unspecified atom stereocenters. The van der Waals surface area contributed by atoms with Crippen molar-refractivity contribution in [3.63, 3.8) is 0 Å². The standard InChI is InChI=1S/C14H19NO3/c1-10-6-8-12(9-7-10)15(11(2)16)18-13(17)14(3,4)5/h6-9H,1-5H3. The first kappa shape index (κ1) is 14.2. The van der Waals surface area contributed by atoms with Crippen LogP contribution in [0.15, 0.2) is 24.3 Å². The van der Waals surface area contributed by atoms with Gasteiger partial charge in [-0.15, -0.1) is 5.06 Å². The van der Waals surface area contributed by atoms with Gasteiger partial charge in [0, 0.05) is 6.92 Å². The quantitative estimate of drug-likeness (QED) is 0.719. The molecular formula is C14H19NO3. The number of hydrogen-bond acceptors (Lipinski definition) is 3. The van der Waals surface area contributed by atoms with Crippen LogP contribution in [-0.2, 0) is 14.4 Å². The number of nitrogens with zero attached hydrogens (tertiary/aromatic N) is 1. The van der Waals surface area contributed by atoms with Crippen LogP contribution in [0.2, 0.25) is 0 Å². The molecule has 1 rings (SSSR count). The Labute approximate surface area is 108 Å². The van der Waals surface area contributed by atoms with Crippen molar-refractivity contribution in [1.29, 1.82) is 0 Å². The van der Waals surface area contributed by atoms with E-state index in [4.69, 9.17) is 4.84 Å². The molecule has 98 valence electrons. The third-order valence-corrected chi connectivity index (χ3v) is 2.34. The maximum absolute atomic E-state index is 11.8. The summed E-state index contributed by atoms with van der Waals surface area (Å²) in [5.41, 5.74) is 0.966. The van der Waals surface area contributed by atoms with E-state index in [0.29, 0.717) is 5.69 Å². The molecular weight excluding hydrogens is 230 g/mol. The molecule has 0 atom stereocenters. The van der Waals surface area contributed by atoms with Gasteiger partial charge in [-0.1, -0.05) is 17.7 Å². The molecule has 0 spiro atoms. The summed E-state index contributed by atoms with van der Waals surface area (Å²) in [4.78, 5) is 28.5. The zero-order valence-corrected chi connectivity index (χ0v) is 11.5. The van der Waals surface area contributed by atoms with Crippen LogP contribution in [0.1, 0.15) is 33.3 Å². The zero-order valence-electron chi connectivity index (χ0n) is 11.5. The third-order valence-electron chi connectivity index (χ3n) is 2.34. The van der Waals surface area contributed by atoms with Crippen LogP contribution in [0.5, 0.6) is 0 Å². The van der Waals surface area contributed by atoms with Crippen LogP contribution in [0, 0.1) is 12.3 Å². The Kier molecular flexibility index (Phi) is 4.11. The van der Waals surface area contributed by atoms with Crippen molar-refractivity contribution in [1.82, 2.24) is 0 Å². The van der Waals surface area contributed by atoms with E-state index in [1.54, 1.807) is 32.9 Å². The Morgan fingerprint density at radius 3 is 2.00 bits per heavy atom. The topological polar surface area (TPSA) is 46.6 Å². The van der Waals surface area contributed by atoms with Gasteiger partial charge in [-0.2, -0.15) is 0 Å². The smallest absolute Gasteiger partial charge is 0.333 e. The van der Waals surface area contributed by atoms with E-state index in [1.165, 1.54) is 6.92 Å². The largest absolute Gasteiger partial charge is 0.338 e. The van der Waals surface area contributed by atoms with Gasteiger partial charge in [0.25, 0.3) is 5.91 Å². The Morgan fingerprint density at radius 1 is 1.11 bits per heavy atom. The fourth-order valence-corrected chi connectivity index (χ4v) is 1.20. The van der Waals surface area contributed by atoms with Crippen molar-refractivity contribution in [2.24, 2.45) is 5.41 Å². The summed E-state index contributed by atoms with van der Waals surface area (Å²) in [6.07, 6.45) is 0. The lowest BCUT2D eigenvalue weighted by atomic mass is 9.98.